The zero-order valence-corrected chi connectivity index (χ0v) is 21.4. The Kier molecular flexibility index (Phi) is 7.79. The third-order valence-electron chi connectivity index (χ3n) is 6.75. The van der Waals surface area contributed by atoms with Gasteiger partial charge in [0.15, 0.2) is 16.6 Å². The minimum absolute atomic E-state index is 0.0471. The van der Waals surface area contributed by atoms with Gasteiger partial charge in [-0.3, -0.25) is 0 Å². The second-order valence-corrected chi connectivity index (χ2v) is 20.5. The summed E-state index contributed by atoms with van der Waals surface area (Å²) in [7, 11) is -1.97. The second-order valence-electron chi connectivity index (χ2n) is 11.0. The summed E-state index contributed by atoms with van der Waals surface area (Å²) >= 11 is 0. The van der Waals surface area contributed by atoms with Gasteiger partial charge in [-0.1, -0.05) is 48.5 Å². The van der Waals surface area contributed by atoms with E-state index in [4.69, 9.17) is 18.3 Å². The molecule has 4 atom stereocenters. The summed E-state index contributed by atoms with van der Waals surface area (Å²) in [5, 5.41) is 0.336. The third-order valence-corrected chi connectivity index (χ3v) is 15.7. The molecular formula is C20H44O4Si2. The van der Waals surface area contributed by atoms with Crippen LogP contribution in [0.5, 0.6) is 0 Å². The predicted octanol–water partition coefficient (Wildman–Crippen LogP) is 5.45. The lowest BCUT2D eigenvalue weighted by molar-refractivity contribution is -0.173. The molecule has 1 fully saturated rings. The normalized spacial score (nSPS) is 29.1. The Balaban J connectivity index is 3.00. The van der Waals surface area contributed by atoms with Gasteiger partial charge in [-0.05, 0) is 36.3 Å². The standard InChI is InChI=1S/C20H44O4Si2/c1-15-13-22-16(14-23-25(9,10)19(2,3)4)18(17(15)21-8)24-26(11,12)20(5,6)7/h15-18H,13-14H2,1-12H3/t15-,16-,17-,18-/m0/s1. The first kappa shape index (κ1) is 24.3. The van der Waals surface area contributed by atoms with E-state index in [2.05, 4.69) is 74.7 Å². The number of ether oxygens (including phenoxy) is 2. The first-order chi connectivity index (χ1) is 11.5. The molecule has 0 spiro atoms. The highest BCUT2D eigenvalue weighted by atomic mass is 28.4. The van der Waals surface area contributed by atoms with Gasteiger partial charge in [-0.25, -0.2) is 0 Å². The molecule has 26 heavy (non-hydrogen) atoms. The van der Waals surface area contributed by atoms with Crippen LogP contribution in [-0.2, 0) is 18.3 Å². The van der Waals surface area contributed by atoms with Crippen molar-refractivity contribution in [1.82, 2.24) is 0 Å². The van der Waals surface area contributed by atoms with Crippen molar-refractivity contribution >= 4 is 16.6 Å². The Hall–Kier alpha value is 0.274. The van der Waals surface area contributed by atoms with Gasteiger partial charge in [0.1, 0.15) is 6.10 Å². The summed E-state index contributed by atoms with van der Waals surface area (Å²) in [6.45, 7) is 26.3. The van der Waals surface area contributed by atoms with E-state index in [9.17, 15) is 0 Å². The van der Waals surface area contributed by atoms with Crippen LogP contribution in [0.1, 0.15) is 48.5 Å². The zero-order chi connectivity index (χ0) is 20.6. The summed E-state index contributed by atoms with van der Waals surface area (Å²) in [6.07, 6.45) is -0.0975. The van der Waals surface area contributed by atoms with Crippen LogP contribution >= 0.6 is 0 Å². The molecule has 0 unspecified atom stereocenters. The molecular weight excluding hydrogens is 360 g/mol. The fourth-order valence-corrected chi connectivity index (χ4v) is 5.01. The maximum absolute atomic E-state index is 6.80. The fourth-order valence-electron chi connectivity index (χ4n) is 2.68. The largest absolute Gasteiger partial charge is 0.414 e. The molecule has 1 saturated heterocycles. The molecule has 0 N–H and O–H groups in total. The van der Waals surface area contributed by atoms with Gasteiger partial charge in [-0.2, -0.15) is 0 Å². The molecule has 156 valence electrons. The molecule has 1 rings (SSSR count). The summed E-state index contributed by atoms with van der Waals surface area (Å²) in [5.74, 6) is 0.318. The Morgan fingerprint density at radius 2 is 1.38 bits per heavy atom. The van der Waals surface area contributed by atoms with Crippen LogP contribution in [0.4, 0.5) is 0 Å². The molecule has 0 amide bonds. The Bertz CT molecular complexity index is 452. The quantitative estimate of drug-likeness (QED) is 0.552. The summed E-state index contributed by atoms with van der Waals surface area (Å²) in [5.41, 5.74) is 0. The van der Waals surface area contributed by atoms with Gasteiger partial charge in [-0.15, -0.1) is 0 Å². The Morgan fingerprint density at radius 1 is 0.885 bits per heavy atom. The average Bonchev–Trinajstić information content (AvgIpc) is 2.44. The molecule has 1 aliphatic rings. The van der Waals surface area contributed by atoms with Crippen LogP contribution in [-0.4, -0.2) is 55.3 Å². The van der Waals surface area contributed by atoms with Gasteiger partial charge in [0, 0.05) is 13.0 Å². The lowest BCUT2D eigenvalue weighted by atomic mass is 9.94. The number of hydrogen-bond acceptors (Lipinski definition) is 4. The van der Waals surface area contributed by atoms with Crippen molar-refractivity contribution < 1.29 is 18.3 Å². The van der Waals surface area contributed by atoms with Gasteiger partial charge >= 0.3 is 0 Å². The van der Waals surface area contributed by atoms with Crippen molar-refractivity contribution in [3.8, 4) is 0 Å². The number of rotatable bonds is 6. The Morgan fingerprint density at radius 3 is 1.81 bits per heavy atom. The van der Waals surface area contributed by atoms with Crippen LogP contribution in [0.3, 0.4) is 0 Å². The van der Waals surface area contributed by atoms with Crippen molar-refractivity contribution in [2.75, 3.05) is 20.3 Å². The molecule has 6 heteroatoms. The number of hydrogen-bond donors (Lipinski definition) is 0. The van der Waals surface area contributed by atoms with E-state index in [0.29, 0.717) is 19.1 Å². The van der Waals surface area contributed by atoms with Crippen LogP contribution in [0, 0.1) is 5.92 Å². The molecule has 0 bridgehead atoms. The van der Waals surface area contributed by atoms with E-state index in [1.807, 2.05) is 0 Å². The van der Waals surface area contributed by atoms with Crippen LogP contribution < -0.4 is 0 Å². The zero-order valence-electron chi connectivity index (χ0n) is 19.4. The maximum Gasteiger partial charge on any atom is 0.192 e. The summed E-state index contributed by atoms with van der Waals surface area (Å²) in [6, 6.07) is 0. The van der Waals surface area contributed by atoms with Gasteiger partial charge in [0.25, 0.3) is 0 Å². The molecule has 0 aromatic heterocycles. The van der Waals surface area contributed by atoms with E-state index in [1.54, 1.807) is 7.11 Å². The first-order valence-electron chi connectivity index (χ1n) is 9.99. The minimum Gasteiger partial charge on any atom is -0.414 e. The average molecular weight is 405 g/mol. The van der Waals surface area contributed by atoms with E-state index in [-0.39, 0.29) is 28.4 Å². The van der Waals surface area contributed by atoms with Gasteiger partial charge in [0.2, 0.25) is 0 Å². The van der Waals surface area contributed by atoms with Crippen LogP contribution in [0.2, 0.25) is 36.3 Å². The van der Waals surface area contributed by atoms with E-state index in [1.165, 1.54) is 0 Å². The highest BCUT2D eigenvalue weighted by Gasteiger charge is 2.47. The van der Waals surface area contributed by atoms with Crippen molar-refractivity contribution in [2.24, 2.45) is 5.92 Å². The molecule has 0 aromatic rings. The summed E-state index contributed by atoms with van der Waals surface area (Å²) < 4.78 is 25.4. The topological polar surface area (TPSA) is 36.9 Å². The van der Waals surface area contributed by atoms with Gasteiger partial charge < -0.3 is 18.3 Å². The van der Waals surface area contributed by atoms with Crippen LogP contribution in [0.15, 0.2) is 0 Å². The maximum atomic E-state index is 6.80. The monoisotopic (exact) mass is 404 g/mol. The molecule has 4 nitrogen and oxygen atoms in total. The van der Waals surface area contributed by atoms with Crippen molar-refractivity contribution in [2.45, 2.75) is 103 Å². The van der Waals surface area contributed by atoms with Crippen molar-refractivity contribution in [1.29, 1.82) is 0 Å². The lowest BCUT2D eigenvalue weighted by Crippen LogP contribution is -2.59. The third kappa shape index (κ3) is 5.64. The van der Waals surface area contributed by atoms with E-state index < -0.39 is 16.6 Å². The van der Waals surface area contributed by atoms with Crippen molar-refractivity contribution in [3.63, 3.8) is 0 Å². The first-order valence-corrected chi connectivity index (χ1v) is 15.8. The molecule has 0 saturated carbocycles. The minimum atomic E-state index is -1.94. The molecule has 1 heterocycles. The fraction of sp³-hybridized carbons (Fsp3) is 1.00. The molecule has 1 aliphatic heterocycles. The molecule has 0 aliphatic carbocycles. The Labute approximate surface area is 164 Å². The molecule has 0 radical (unpaired) electrons. The smallest absolute Gasteiger partial charge is 0.192 e. The highest BCUT2D eigenvalue weighted by molar-refractivity contribution is 6.74. The van der Waals surface area contributed by atoms with Crippen molar-refractivity contribution in [3.05, 3.63) is 0 Å². The summed E-state index contributed by atoms with van der Waals surface area (Å²) in [4.78, 5) is 0. The van der Waals surface area contributed by atoms with E-state index in [0.717, 1.165) is 0 Å². The number of methoxy groups -OCH3 is 1. The van der Waals surface area contributed by atoms with E-state index >= 15 is 0 Å². The molecule has 0 aromatic carbocycles. The predicted molar refractivity (Wildman–Crippen MR) is 115 cm³/mol. The highest BCUT2D eigenvalue weighted by Crippen LogP contribution is 2.41. The van der Waals surface area contributed by atoms with Crippen LogP contribution in [0.25, 0.3) is 0 Å². The van der Waals surface area contributed by atoms with Gasteiger partial charge in [0.05, 0.1) is 25.4 Å². The lowest BCUT2D eigenvalue weighted by Gasteiger charge is -2.48. The second kappa shape index (κ2) is 8.33. The SMILES string of the molecule is CO[C@@H]1[C@@H](O[Si](C)(C)C(C)(C)C)[C@H](CO[Si](C)(C)C(C)(C)C)OC[C@@H]1C.